The zero-order valence-corrected chi connectivity index (χ0v) is 18.7. The quantitative estimate of drug-likeness (QED) is 0.698. The summed E-state index contributed by atoms with van der Waals surface area (Å²) < 4.78 is 33.2. The molecule has 6 nitrogen and oxygen atoms in total. The first-order chi connectivity index (χ1) is 14.3. The van der Waals surface area contributed by atoms with E-state index in [-0.39, 0.29) is 10.8 Å². The van der Waals surface area contributed by atoms with Gasteiger partial charge in [0.25, 0.3) is 5.91 Å². The largest absolute Gasteiger partial charge is 0.497 e. The Kier molecular flexibility index (Phi) is 7.15. The van der Waals surface area contributed by atoms with Crippen molar-refractivity contribution >= 4 is 15.9 Å². The van der Waals surface area contributed by atoms with Crippen molar-refractivity contribution in [3.05, 3.63) is 59.2 Å². The predicted octanol–water partition coefficient (Wildman–Crippen LogP) is 3.84. The van der Waals surface area contributed by atoms with Gasteiger partial charge in [-0.2, -0.15) is 4.31 Å². The molecule has 7 heteroatoms. The molecule has 2 aromatic rings. The van der Waals surface area contributed by atoms with Crippen LogP contribution in [0.5, 0.6) is 5.75 Å². The first-order valence-corrected chi connectivity index (χ1v) is 11.8. The van der Waals surface area contributed by atoms with Crippen molar-refractivity contribution in [2.24, 2.45) is 0 Å². The maximum atomic E-state index is 13.2. The van der Waals surface area contributed by atoms with Gasteiger partial charge in [0.2, 0.25) is 10.0 Å². The highest BCUT2D eigenvalue weighted by Crippen LogP contribution is 2.25. The van der Waals surface area contributed by atoms with Gasteiger partial charge in [-0.3, -0.25) is 4.79 Å². The van der Waals surface area contributed by atoms with Gasteiger partial charge in [-0.15, -0.1) is 0 Å². The number of hydrogen-bond acceptors (Lipinski definition) is 4. The van der Waals surface area contributed by atoms with Crippen molar-refractivity contribution in [3.8, 4) is 5.75 Å². The summed E-state index contributed by atoms with van der Waals surface area (Å²) in [6.07, 6.45) is 3.86. The molecule has 0 radical (unpaired) electrons. The topological polar surface area (TPSA) is 66.9 Å². The molecule has 2 aromatic carbocycles. The number of carbonyl (C=O) groups excluding carboxylic acids is 1. The van der Waals surface area contributed by atoms with Crippen LogP contribution in [0.25, 0.3) is 0 Å². The van der Waals surface area contributed by atoms with E-state index in [1.807, 2.05) is 24.3 Å². The van der Waals surface area contributed by atoms with Gasteiger partial charge in [-0.25, -0.2) is 8.42 Å². The predicted molar refractivity (Wildman–Crippen MR) is 117 cm³/mol. The van der Waals surface area contributed by atoms with Gasteiger partial charge in [0.05, 0.1) is 12.0 Å². The van der Waals surface area contributed by atoms with Crippen molar-refractivity contribution in [2.45, 2.75) is 44.0 Å². The van der Waals surface area contributed by atoms with Gasteiger partial charge >= 0.3 is 0 Å². The Morgan fingerprint density at radius 3 is 2.27 bits per heavy atom. The maximum absolute atomic E-state index is 13.2. The van der Waals surface area contributed by atoms with Crippen molar-refractivity contribution in [2.75, 3.05) is 27.2 Å². The van der Waals surface area contributed by atoms with Gasteiger partial charge in [0.1, 0.15) is 5.75 Å². The van der Waals surface area contributed by atoms with Crippen LogP contribution in [0.1, 0.15) is 47.2 Å². The van der Waals surface area contributed by atoms with Crippen LogP contribution in [0.2, 0.25) is 0 Å². The molecular weight excluding hydrogens is 400 g/mol. The van der Waals surface area contributed by atoms with Gasteiger partial charge in [0.15, 0.2) is 0 Å². The number of sulfonamides is 1. The first kappa shape index (κ1) is 22.3. The van der Waals surface area contributed by atoms with Gasteiger partial charge < -0.3 is 9.64 Å². The molecule has 162 valence electrons. The third-order valence-corrected chi connectivity index (χ3v) is 7.58. The highest BCUT2D eigenvalue weighted by atomic mass is 32.2. The summed E-state index contributed by atoms with van der Waals surface area (Å²) in [5.74, 6) is 0.549. The molecule has 1 aliphatic rings. The molecule has 0 unspecified atom stereocenters. The number of amides is 1. The molecule has 0 aliphatic carbocycles. The summed E-state index contributed by atoms with van der Waals surface area (Å²) in [7, 11) is -0.288. The van der Waals surface area contributed by atoms with Gasteiger partial charge in [0, 0.05) is 32.2 Å². The molecule has 30 heavy (non-hydrogen) atoms. The van der Waals surface area contributed by atoms with Crippen molar-refractivity contribution in [1.82, 2.24) is 9.21 Å². The molecule has 0 aromatic heterocycles. The van der Waals surface area contributed by atoms with Crippen LogP contribution in [0, 0.1) is 6.92 Å². The summed E-state index contributed by atoms with van der Waals surface area (Å²) in [5, 5.41) is 0. The first-order valence-electron chi connectivity index (χ1n) is 10.3. The van der Waals surface area contributed by atoms with Gasteiger partial charge in [-0.1, -0.05) is 31.0 Å². The Hall–Kier alpha value is -2.38. The second-order valence-electron chi connectivity index (χ2n) is 7.81. The zero-order chi connectivity index (χ0) is 21.7. The van der Waals surface area contributed by atoms with E-state index in [1.165, 1.54) is 6.07 Å². The van der Waals surface area contributed by atoms with E-state index in [0.717, 1.165) is 37.0 Å². The number of carbonyl (C=O) groups is 1. The molecule has 0 saturated carbocycles. The highest BCUT2D eigenvalue weighted by molar-refractivity contribution is 7.89. The Morgan fingerprint density at radius 2 is 1.67 bits per heavy atom. The molecule has 1 heterocycles. The molecule has 0 bridgehead atoms. The molecule has 0 atom stereocenters. The fourth-order valence-electron chi connectivity index (χ4n) is 3.73. The zero-order valence-electron chi connectivity index (χ0n) is 17.9. The summed E-state index contributed by atoms with van der Waals surface area (Å²) in [6, 6.07) is 12.5. The lowest BCUT2D eigenvalue weighted by atomic mass is 10.1. The van der Waals surface area contributed by atoms with E-state index in [9.17, 15) is 13.2 Å². The van der Waals surface area contributed by atoms with E-state index < -0.39 is 10.0 Å². The highest BCUT2D eigenvalue weighted by Gasteiger charge is 2.27. The van der Waals surface area contributed by atoms with Crippen LogP contribution in [0.4, 0.5) is 0 Å². The Labute approximate surface area is 179 Å². The average molecular weight is 431 g/mol. The third-order valence-electron chi connectivity index (χ3n) is 5.54. The van der Waals surface area contributed by atoms with E-state index >= 15 is 0 Å². The van der Waals surface area contributed by atoms with E-state index in [4.69, 9.17) is 4.74 Å². The molecule has 1 aliphatic heterocycles. The molecule has 1 fully saturated rings. The van der Waals surface area contributed by atoms with E-state index in [0.29, 0.717) is 30.8 Å². The van der Waals surface area contributed by atoms with Crippen LogP contribution >= 0.6 is 0 Å². The Morgan fingerprint density at radius 1 is 1.03 bits per heavy atom. The average Bonchev–Trinajstić information content (AvgIpc) is 3.04. The molecule has 0 spiro atoms. The lowest BCUT2D eigenvalue weighted by Crippen LogP contribution is -2.33. The monoisotopic (exact) mass is 430 g/mol. The lowest BCUT2D eigenvalue weighted by molar-refractivity contribution is 0.0785. The minimum atomic E-state index is -3.62. The molecular formula is C23H30N2O4S. The van der Waals surface area contributed by atoms with Gasteiger partial charge in [-0.05, 0) is 55.2 Å². The van der Waals surface area contributed by atoms with E-state index in [1.54, 1.807) is 42.4 Å². The third kappa shape index (κ3) is 5.02. The van der Waals surface area contributed by atoms with Crippen LogP contribution in [-0.4, -0.2) is 50.8 Å². The molecule has 1 saturated heterocycles. The molecule has 1 amide bonds. The van der Waals surface area contributed by atoms with Crippen LogP contribution in [0.15, 0.2) is 47.4 Å². The number of rotatable bonds is 6. The number of nitrogens with zero attached hydrogens (tertiary/aromatic N) is 2. The summed E-state index contributed by atoms with van der Waals surface area (Å²) in [6.45, 7) is 3.28. The van der Waals surface area contributed by atoms with Crippen LogP contribution in [-0.2, 0) is 16.6 Å². The fraction of sp³-hybridized carbons (Fsp3) is 0.435. The number of ether oxygens (including phenoxy) is 1. The fourth-order valence-corrected chi connectivity index (χ4v) is 5.50. The Balaban J connectivity index is 1.81. The number of hydrogen-bond donors (Lipinski definition) is 0. The molecule has 0 N–H and O–H groups in total. The Bertz CT molecular complexity index is 979. The molecule has 3 rings (SSSR count). The lowest BCUT2D eigenvalue weighted by Gasteiger charge is -2.22. The number of benzene rings is 2. The van der Waals surface area contributed by atoms with Crippen molar-refractivity contribution in [1.29, 1.82) is 0 Å². The normalized spacial score (nSPS) is 15.4. The van der Waals surface area contributed by atoms with Crippen molar-refractivity contribution in [3.63, 3.8) is 0 Å². The van der Waals surface area contributed by atoms with Crippen LogP contribution < -0.4 is 4.74 Å². The standard InChI is InChI=1S/C23H30N2O4S/c1-18-8-11-20(16-22(18)30(27,28)25-14-6-4-5-7-15-25)23(26)24(2)17-19-9-12-21(29-3)13-10-19/h8-13,16H,4-7,14-15,17H2,1-3H3. The minimum Gasteiger partial charge on any atom is -0.497 e. The second kappa shape index (κ2) is 9.62. The smallest absolute Gasteiger partial charge is 0.253 e. The maximum Gasteiger partial charge on any atom is 0.253 e. The SMILES string of the molecule is COc1ccc(CN(C)C(=O)c2ccc(C)c(S(=O)(=O)N3CCCCCC3)c2)cc1. The summed E-state index contributed by atoms with van der Waals surface area (Å²) in [5.41, 5.74) is 2.01. The van der Waals surface area contributed by atoms with Crippen molar-refractivity contribution < 1.29 is 17.9 Å². The minimum absolute atomic E-state index is 0.210. The van der Waals surface area contributed by atoms with Crippen LogP contribution in [0.3, 0.4) is 0 Å². The number of aryl methyl sites for hydroxylation is 1. The summed E-state index contributed by atoms with van der Waals surface area (Å²) >= 11 is 0. The number of methoxy groups -OCH3 is 1. The van der Waals surface area contributed by atoms with E-state index in [2.05, 4.69) is 0 Å². The summed E-state index contributed by atoms with van der Waals surface area (Å²) in [4.78, 5) is 14.8. The second-order valence-corrected chi connectivity index (χ2v) is 9.71.